The fraction of sp³-hybridized carbons (Fsp3) is 0. The zero-order valence-electron chi connectivity index (χ0n) is 45.2. The van der Waals surface area contributed by atoms with Gasteiger partial charge in [-0.05, 0) is 83.9 Å². The summed E-state index contributed by atoms with van der Waals surface area (Å²) in [7, 11) is 0. The Morgan fingerprint density at radius 3 is 0.988 bits per heavy atom. The number of nitrogens with zero attached hydrogens (tertiary/aromatic N) is 4. The van der Waals surface area contributed by atoms with Crippen molar-refractivity contribution < 1.29 is 8.83 Å². The van der Waals surface area contributed by atoms with E-state index in [0.717, 1.165) is 100 Å². The molecule has 0 amide bonds. The molecule has 19 rings (SSSR count). The molecule has 0 fully saturated rings. The van der Waals surface area contributed by atoms with Gasteiger partial charge in [0.15, 0.2) is 11.2 Å². The first-order valence-corrected chi connectivity index (χ1v) is 28.8. The van der Waals surface area contributed by atoms with E-state index in [1.165, 1.54) is 76.3 Å². The topological polar surface area (TPSA) is 41.6 Å². The van der Waals surface area contributed by atoms with Crippen LogP contribution in [0.25, 0.3) is 142 Å². The first kappa shape index (κ1) is 45.4. The Morgan fingerprint density at radius 1 is 0.238 bits per heavy atom. The molecule has 0 aliphatic heterocycles. The molecule has 6 aromatic heterocycles. The monoisotopic (exact) mass is 1070 g/mol. The third kappa shape index (κ3) is 6.02. The van der Waals surface area contributed by atoms with Crippen LogP contribution in [-0.4, -0.2) is 8.80 Å². The van der Waals surface area contributed by atoms with Gasteiger partial charge in [-0.2, -0.15) is 0 Å². The lowest BCUT2D eigenvalue weighted by atomic mass is 9.89. The minimum atomic E-state index is 0.852. The second kappa shape index (κ2) is 17.1. The average molecular weight is 1070 g/mol. The van der Waals surface area contributed by atoms with E-state index in [0.29, 0.717) is 0 Å². The van der Waals surface area contributed by atoms with Crippen LogP contribution in [0.15, 0.2) is 288 Å². The predicted octanol–water partition coefficient (Wildman–Crippen LogP) is 22.1. The summed E-state index contributed by atoms with van der Waals surface area (Å²) in [6, 6.07) is 101. The third-order valence-corrected chi connectivity index (χ3v) is 17.9. The van der Waals surface area contributed by atoms with E-state index >= 15 is 0 Å². The van der Waals surface area contributed by atoms with Crippen LogP contribution in [0, 0.1) is 0 Å². The fourth-order valence-electron chi connectivity index (χ4n) is 14.7. The van der Waals surface area contributed by atoms with Crippen LogP contribution >= 0.6 is 0 Å². The summed E-state index contributed by atoms with van der Waals surface area (Å²) in [4.78, 5) is 4.82. The van der Waals surface area contributed by atoms with E-state index in [4.69, 9.17) is 8.83 Å². The maximum atomic E-state index is 6.85. The van der Waals surface area contributed by atoms with Crippen molar-refractivity contribution >= 4 is 154 Å². The van der Waals surface area contributed by atoms with E-state index in [9.17, 15) is 0 Å². The van der Waals surface area contributed by atoms with Gasteiger partial charge in [0, 0.05) is 87.1 Å². The molecule has 0 unspecified atom stereocenters. The standard InChI is InChI=1S/C78H46N4O2/c1-5-23-47(24-6-1)67-71-57-37-17-35-55-70-60(80(50-29-11-4-12-30-50)64-44-20-34-54-52-32-14-16-46-66(52)84-78(54)64)40-22-42-62(70)82(73(55)57)76(71)68(48-25-7-2-8-26-48)72-58-38-18-36-56-69-59(39-21-41-61(69)81(74(56)58)75(67)72)79(49-27-9-3-10-28-49)63-43-19-33-53-51-31-13-15-45-65(51)83-77(53)63/h1-46H. The van der Waals surface area contributed by atoms with Gasteiger partial charge in [0.1, 0.15) is 11.2 Å². The Labute approximate surface area is 480 Å². The number of fused-ring (bicyclic) bond motifs is 18. The average Bonchev–Trinajstić information content (AvgIpc) is 1.61. The number of hydrogen-bond acceptors (Lipinski definition) is 4. The molecule has 6 heteroatoms. The van der Waals surface area contributed by atoms with Crippen LogP contribution in [0.2, 0.25) is 0 Å². The molecule has 0 saturated carbocycles. The zero-order chi connectivity index (χ0) is 54.7. The van der Waals surface area contributed by atoms with Gasteiger partial charge >= 0.3 is 0 Å². The lowest BCUT2D eigenvalue weighted by Crippen LogP contribution is -2.10. The van der Waals surface area contributed by atoms with Crippen molar-refractivity contribution in [2.75, 3.05) is 9.80 Å². The van der Waals surface area contributed by atoms with E-state index in [1.54, 1.807) is 0 Å². The van der Waals surface area contributed by atoms with Crippen LogP contribution in [0.4, 0.5) is 34.1 Å². The molecule has 0 bridgehead atoms. The Bertz CT molecular complexity index is 5490. The van der Waals surface area contributed by atoms with Crippen LogP contribution in [0.3, 0.4) is 0 Å². The van der Waals surface area contributed by atoms with Crippen molar-refractivity contribution in [2.45, 2.75) is 0 Å². The summed E-state index contributed by atoms with van der Waals surface area (Å²) in [5, 5.41) is 13.9. The number of para-hydroxylation sites is 8. The molecule has 390 valence electrons. The van der Waals surface area contributed by atoms with Crippen LogP contribution in [0.5, 0.6) is 0 Å². The Hall–Kier alpha value is -11.3. The van der Waals surface area contributed by atoms with Gasteiger partial charge in [0.25, 0.3) is 0 Å². The second-order valence-corrected chi connectivity index (χ2v) is 22.2. The first-order valence-electron chi connectivity index (χ1n) is 28.8. The van der Waals surface area contributed by atoms with Gasteiger partial charge in [-0.15, -0.1) is 0 Å². The molecule has 6 heterocycles. The van der Waals surface area contributed by atoms with Crippen LogP contribution in [-0.2, 0) is 0 Å². The highest BCUT2D eigenvalue weighted by Crippen LogP contribution is 2.57. The molecule has 0 aliphatic rings. The number of furan rings is 2. The number of rotatable bonds is 8. The normalized spacial score (nSPS) is 12.3. The van der Waals surface area contributed by atoms with Gasteiger partial charge < -0.3 is 27.4 Å². The molecular weight excluding hydrogens is 1020 g/mol. The Morgan fingerprint density at radius 2 is 0.560 bits per heavy atom. The Balaban J connectivity index is 0.967. The van der Waals surface area contributed by atoms with E-state index < -0.39 is 0 Å². The van der Waals surface area contributed by atoms with E-state index in [-0.39, 0.29) is 0 Å². The largest absolute Gasteiger partial charge is 0.454 e. The van der Waals surface area contributed by atoms with Crippen molar-refractivity contribution in [1.82, 2.24) is 8.80 Å². The van der Waals surface area contributed by atoms with E-state index in [2.05, 4.69) is 286 Å². The molecule has 0 saturated heterocycles. The van der Waals surface area contributed by atoms with Gasteiger partial charge in [-0.1, -0.05) is 206 Å². The van der Waals surface area contributed by atoms with Crippen molar-refractivity contribution in [3.05, 3.63) is 279 Å². The van der Waals surface area contributed by atoms with Gasteiger partial charge in [0.2, 0.25) is 0 Å². The fourth-order valence-corrected chi connectivity index (χ4v) is 14.7. The predicted molar refractivity (Wildman–Crippen MR) is 351 cm³/mol. The molecule has 13 aromatic carbocycles. The first-order chi connectivity index (χ1) is 41.8. The summed E-state index contributed by atoms with van der Waals surface area (Å²) in [5.41, 5.74) is 21.4. The summed E-state index contributed by atoms with van der Waals surface area (Å²) in [5.74, 6) is 0. The molecule has 0 atom stereocenters. The lowest BCUT2D eigenvalue weighted by molar-refractivity contribution is 0.669. The zero-order valence-corrected chi connectivity index (χ0v) is 45.2. The highest BCUT2D eigenvalue weighted by Gasteiger charge is 2.33. The van der Waals surface area contributed by atoms with Crippen LogP contribution < -0.4 is 9.80 Å². The molecule has 0 spiro atoms. The molecule has 0 aliphatic carbocycles. The number of hydrogen-bond donors (Lipinski definition) is 0. The SMILES string of the molecule is c1ccc(-c2c3c4cccc5c6c(N(c7ccccc7)c7cccc8c7oc7ccccc78)cccc6n(c3c(-c3ccccc3)c3c6cccc7c8c(N(c9ccccc9)c9cccc%10c9oc9ccccc9%10)cccc8n(c23)c76)c54)cc1. The van der Waals surface area contributed by atoms with Crippen molar-refractivity contribution in [1.29, 1.82) is 0 Å². The molecule has 84 heavy (non-hydrogen) atoms. The van der Waals surface area contributed by atoms with Gasteiger partial charge in [-0.3, -0.25) is 0 Å². The summed E-state index contributed by atoms with van der Waals surface area (Å²) in [6.07, 6.45) is 0. The summed E-state index contributed by atoms with van der Waals surface area (Å²) in [6.45, 7) is 0. The number of benzene rings is 13. The van der Waals surface area contributed by atoms with Crippen molar-refractivity contribution in [2.24, 2.45) is 0 Å². The minimum Gasteiger partial charge on any atom is -0.454 e. The second-order valence-electron chi connectivity index (χ2n) is 22.2. The highest BCUT2D eigenvalue weighted by molar-refractivity contribution is 6.39. The Kier molecular flexibility index (Phi) is 9.24. The van der Waals surface area contributed by atoms with Crippen LogP contribution in [0.1, 0.15) is 0 Å². The van der Waals surface area contributed by atoms with Gasteiger partial charge in [0.05, 0.1) is 55.8 Å². The minimum absolute atomic E-state index is 0.852. The summed E-state index contributed by atoms with van der Waals surface area (Å²) >= 11 is 0. The third-order valence-electron chi connectivity index (χ3n) is 17.9. The van der Waals surface area contributed by atoms with Crippen molar-refractivity contribution in [3.8, 4) is 22.3 Å². The van der Waals surface area contributed by atoms with Gasteiger partial charge in [-0.25, -0.2) is 0 Å². The maximum Gasteiger partial charge on any atom is 0.159 e. The van der Waals surface area contributed by atoms with Crippen molar-refractivity contribution in [3.63, 3.8) is 0 Å². The number of aromatic nitrogens is 2. The van der Waals surface area contributed by atoms with E-state index in [1.807, 2.05) is 12.1 Å². The smallest absolute Gasteiger partial charge is 0.159 e. The molecule has 19 aromatic rings. The quantitative estimate of drug-likeness (QED) is 0.152. The molecular formula is C78H46N4O2. The lowest BCUT2D eigenvalue weighted by Gasteiger charge is -2.26. The molecule has 6 nitrogen and oxygen atoms in total. The maximum absolute atomic E-state index is 6.85. The molecule has 0 N–H and O–H groups in total. The highest BCUT2D eigenvalue weighted by atomic mass is 16.3. The summed E-state index contributed by atoms with van der Waals surface area (Å²) < 4.78 is 18.9. The number of anilines is 6. The molecule has 0 radical (unpaired) electrons.